The Labute approximate surface area is 124 Å². The fourth-order valence-electron chi connectivity index (χ4n) is 4.38. The van der Waals surface area contributed by atoms with Gasteiger partial charge in [0.1, 0.15) is 0 Å². The highest BCUT2D eigenvalue weighted by molar-refractivity contribution is 5.09. The summed E-state index contributed by atoms with van der Waals surface area (Å²) >= 11 is 0. The van der Waals surface area contributed by atoms with E-state index in [4.69, 9.17) is 5.73 Å². The molecule has 116 valence electrons. The molecule has 2 rings (SSSR count). The summed E-state index contributed by atoms with van der Waals surface area (Å²) in [5.41, 5.74) is 7.96. The van der Waals surface area contributed by atoms with Crippen molar-refractivity contribution in [2.45, 2.75) is 72.3 Å². The van der Waals surface area contributed by atoms with Gasteiger partial charge >= 0.3 is 0 Å². The van der Waals surface area contributed by atoms with Crippen LogP contribution in [0.5, 0.6) is 0 Å². The van der Waals surface area contributed by atoms with Crippen LogP contribution in [0.2, 0.25) is 0 Å². The van der Waals surface area contributed by atoms with Gasteiger partial charge < -0.3 is 10.8 Å². The van der Waals surface area contributed by atoms with E-state index in [9.17, 15) is 5.11 Å². The fourth-order valence-corrected chi connectivity index (χ4v) is 4.38. The average molecular weight is 279 g/mol. The van der Waals surface area contributed by atoms with Crippen molar-refractivity contribution in [1.82, 2.24) is 0 Å². The van der Waals surface area contributed by atoms with Gasteiger partial charge in [-0.3, -0.25) is 0 Å². The maximum atomic E-state index is 11.0. The van der Waals surface area contributed by atoms with Crippen LogP contribution >= 0.6 is 0 Å². The summed E-state index contributed by atoms with van der Waals surface area (Å²) < 4.78 is 0. The van der Waals surface area contributed by atoms with Crippen molar-refractivity contribution in [2.24, 2.45) is 28.4 Å². The summed E-state index contributed by atoms with van der Waals surface area (Å²) in [6.45, 7) is 9.79. The van der Waals surface area contributed by atoms with E-state index in [0.717, 1.165) is 25.7 Å². The molecule has 3 unspecified atom stereocenters. The fraction of sp³-hybridized carbons (Fsp3) is 0.889. The Kier molecular flexibility index (Phi) is 4.66. The Balaban J connectivity index is 2.10. The van der Waals surface area contributed by atoms with Gasteiger partial charge in [0.25, 0.3) is 0 Å². The lowest BCUT2D eigenvalue weighted by molar-refractivity contribution is -0.0594. The lowest BCUT2D eigenvalue weighted by Crippen LogP contribution is -2.49. The van der Waals surface area contributed by atoms with Crippen LogP contribution in [0.1, 0.15) is 66.2 Å². The second-order valence-electron chi connectivity index (χ2n) is 8.37. The molecule has 0 spiro atoms. The molecule has 20 heavy (non-hydrogen) atoms. The Morgan fingerprint density at radius 3 is 2.40 bits per heavy atom. The number of aliphatic hydroxyl groups excluding tert-OH is 1. The van der Waals surface area contributed by atoms with Crippen LogP contribution in [0.25, 0.3) is 0 Å². The van der Waals surface area contributed by atoms with E-state index in [1.54, 1.807) is 0 Å². The SMILES string of the molecule is CC1=CC(C)CC(C(O)C2(CN)CCC(C)(C)CC2)C1. The molecule has 0 aliphatic heterocycles. The van der Waals surface area contributed by atoms with Gasteiger partial charge in [0.2, 0.25) is 0 Å². The van der Waals surface area contributed by atoms with Crippen molar-refractivity contribution in [1.29, 1.82) is 0 Å². The summed E-state index contributed by atoms with van der Waals surface area (Å²) in [4.78, 5) is 0. The molecule has 0 bridgehead atoms. The van der Waals surface area contributed by atoms with Gasteiger partial charge in [-0.1, -0.05) is 32.4 Å². The van der Waals surface area contributed by atoms with Gasteiger partial charge in [0.05, 0.1) is 6.10 Å². The third-order valence-electron chi connectivity index (χ3n) is 5.91. The van der Waals surface area contributed by atoms with E-state index in [-0.39, 0.29) is 11.5 Å². The summed E-state index contributed by atoms with van der Waals surface area (Å²) in [6.07, 6.45) is 8.87. The van der Waals surface area contributed by atoms with E-state index >= 15 is 0 Å². The quantitative estimate of drug-likeness (QED) is 0.770. The van der Waals surface area contributed by atoms with E-state index in [2.05, 4.69) is 33.8 Å². The van der Waals surface area contributed by atoms with Gasteiger partial charge in [0.15, 0.2) is 0 Å². The first-order chi connectivity index (χ1) is 9.28. The third kappa shape index (κ3) is 3.28. The predicted molar refractivity (Wildman–Crippen MR) is 85.4 cm³/mol. The molecule has 0 amide bonds. The Morgan fingerprint density at radius 1 is 1.30 bits per heavy atom. The van der Waals surface area contributed by atoms with Crippen molar-refractivity contribution in [3.05, 3.63) is 11.6 Å². The largest absolute Gasteiger partial charge is 0.392 e. The Morgan fingerprint density at radius 2 is 1.90 bits per heavy atom. The lowest BCUT2D eigenvalue weighted by atomic mass is 9.59. The molecule has 2 aliphatic rings. The summed E-state index contributed by atoms with van der Waals surface area (Å²) in [5.74, 6) is 0.998. The van der Waals surface area contributed by atoms with E-state index < -0.39 is 0 Å². The van der Waals surface area contributed by atoms with Crippen LogP contribution in [-0.4, -0.2) is 17.8 Å². The monoisotopic (exact) mass is 279 g/mol. The first-order valence-electron chi connectivity index (χ1n) is 8.33. The van der Waals surface area contributed by atoms with Crippen molar-refractivity contribution >= 4 is 0 Å². The number of hydrogen-bond acceptors (Lipinski definition) is 2. The van der Waals surface area contributed by atoms with Crippen LogP contribution in [0.15, 0.2) is 11.6 Å². The second-order valence-corrected chi connectivity index (χ2v) is 8.37. The minimum absolute atomic E-state index is 0.0302. The average Bonchev–Trinajstić information content (AvgIpc) is 2.37. The molecule has 0 aromatic carbocycles. The normalized spacial score (nSPS) is 34.4. The Bertz CT molecular complexity index is 362. The zero-order chi connectivity index (χ0) is 15.0. The maximum absolute atomic E-state index is 11.0. The van der Waals surface area contributed by atoms with E-state index in [1.165, 1.54) is 18.4 Å². The highest BCUT2D eigenvalue weighted by atomic mass is 16.3. The van der Waals surface area contributed by atoms with Crippen molar-refractivity contribution in [3.8, 4) is 0 Å². The molecule has 0 heterocycles. The van der Waals surface area contributed by atoms with Gasteiger partial charge in [0, 0.05) is 12.0 Å². The summed E-state index contributed by atoms with van der Waals surface area (Å²) in [5, 5.41) is 11.0. The molecular weight excluding hydrogens is 246 g/mol. The highest BCUT2D eigenvalue weighted by Gasteiger charge is 2.45. The first-order valence-corrected chi connectivity index (χ1v) is 8.33. The predicted octanol–water partition coefficient (Wildman–Crippen LogP) is 3.89. The topological polar surface area (TPSA) is 46.2 Å². The molecule has 1 saturated carbocycles. The maximum Gasteiger partial charge on any atom is 0.0639 e. The van der Waals surface area contributed by atoms with Gasteiger partial charge in [-0.2, -0.15) is 0 Å². The van der Waals surface area contributed by atoms with E-state index in [1.807, 2.05) is 0 Å². The van der Waals surface area contributed by atoms with Gasteiger partial charge in [-0.15, -0.1) is 0 Å². The third-order valence-corrected chi connectivity index (χ3v) is 5.91. The molecule has 0 saturated heterocycles. The molecule has 2 aliphatic carbocycles. The zero-order valence-electron chi connectivity index (χ0n) is 13.8. The standard InChI is InChI=1S/C18H33NO/c1-13-9-14(2)11-15(10-13)16(20)18(12-19)7-5-17(3,4)6-8-18/h9,13,15-16,20H,5-8,10-12,19H2,1-4H3. The van der Waals surface area contributed by atoms with Crippen LogP contribution in [0, 0.1) is 22.7 Å². The van der Waals surface area contributed by atoms with Crippen molar-refractivity contribution < 1.29 is 5.11 Å². The molecule has 2 nitrogen and oxygen atoms in total. The van der Waals surface area contributed by atoms with Crippen LogP contribution in [0.3, 0.4) is 0 Å². The van der Waals surface area contributed by atoms with Crippen LogP contribution < -0.4 is 5.73 Å². The minimum Gasteiger partial charge on any atom is -0.392 e. The van der Waals surface area contributed by atoms with Crippen LogP contribution in [0.4, 0.5) is 0 Å². The minimum atomic E-state index is -0.227. The Hall–Kier alpha value is -0.340. The van der Waals surface area contributed by atoms with E-state index in [0.29, 0.717) is 23.8 Å². The molecule has 2 heteroatoms. The summed E-state index contributed by atoms with van der Waals surface area (Å²) in [7, 11) is 0. The number of hydrogen-bond donors (Lipinski definition) is 2. The van der Waals surface area contributed by atoms with Crippen molar-refractivity contribution in [2.75, 3.05) is 6.54 Å². The van der Waals surface area contributed by atoms with Crippen LogP contribution in [-0.2, 0) is 0 Å². The van der Waals surface area contributed by atoms with Crippen molar-refractivity contribution in [3.63, 3.8) is 0 Å². The van der Waals surface area contributed by atoms with Gasteiger partial charge in [-0.25, -0.2) is 0 Å². The summed E-state index contributed by atoms with van der Waals surface area (Å²) in [6, 6.07) is 0. The zero-order valence-corrected chi connectivity index (χ0v) is 13.8. The number of nitrogens with two attached hydrogens (primary N) is 1. The molecule has 3 N–H and O–H groups in total. The number of allylic oxidation sites excluding steroid dienone is 2. The highest BCUT2D eigenvalue weighted by Crippen LogP contribution is 2.49. The second kappa shape index (κ2) is 5.81. The molecular formula is C18H33NO. The van der Waals surface area contributed by atoms with Gasteiger partial charge in [-0.05, 0) is 62.7 Å². The molecule has 3 atom stereocenters. The molecule has 1 fully saturated rings. The number of aliphatic hydroxyl groups is 1. The molecule has 0 aromatic rings. The lowest BCUT2D eigenvalue weighted by Gasteiger charge is -2.48. The molecule has 0 radical (unpaired) electrons. The smallest absolute Gasteiger partial charge is 0.0639 e. The first kappa shape index (κ1) is 16.0. The number of rotatable bonds is 3. The molecule has 0 aromatic heterocycles.